The Labute approximate surface area is 171 Å². The maximum Gasteiger partial charge on any atom is 0.119 e. The van der Waals surface area contributed by atoms with Crippen LogP contribution in [-0.2, 0) is 0 Å². The average molecular weight is 386 g/mol. The highest BCUT2D eigenvalue weighted by Crippen LogP contribution is 2.29. The van der Waals surface area contributed by atoms with E-state index >= 15 is 0 Å². The van der Waals surface area contributed by atoms with Gasteiger partial charge < -0.3 is 14.5 Å². The molecule has 2 aliphatic heterocycles. The molecule has 28 heavy (non-hydrogen) atoms. The van der Waals surface area contributed by atoms with Crippen LogP contribution in [-0.4, -0.2) is 68.8 Å². The summed E-state index contributed by atoms with van der Waals surface area (Å²) in [6, 6.07) is 9.32. The summed E-state index contributed by atoms with van der Waals surface area (Å²) in [7, 11) is 1.73. The molecule has 1 aromatic rings. The van der Waals surface area contributed by atoms with Crippen LogP contribution in [0.5, 0.6) is 5.75 Å². The summed E-state index contributed by atoms with van der Waals surface area (Å²) in [6.07, 6.45) is 11.6. The van der Waals surface area contributed by atoms with Crippen LogP contribution in [0.25, 0.3) is 0 Å². The molecule has 0 unspecified atom stereocenters. The SMILES string of the molecule is COc1ccc(N2CCN([C@H]3CCCN(CCCC4CCCC4)C3)CC2)cc1. The summed E-state index contributed by atoms with van der Waals surface area (Å²) in [4.78, 5) is 8.06. The summed E-state index contributed by atoms with van der Waals surface area (Å²) < 4.78 is 5.29. The lowest BCUT2D eigenvalue weighted by Crippen LogP contribution is -2.55. The Balaban J connectivity index is 1.20. The number of nitrogens with zero attached hydrogens (tertiary/aromatic N) is 3. The van der Waals surface area contributed by atoms with Crippen LogP contribution in [0.2, 0.25) is 0 Å². The minimum atomic E-state index is 0.776. The predicted octanol–water partition coefficient (Wildman–Crippen LogP) is 4.25. The molecule has 0 bridgehead atoms. The number of piperidine rings is 1. The van der Waals surface area contributed by atoms with E-state index in [0.29, 0.717) is 0 Å². The van der Waals surface area contributed by atoms with Gasteiger partial charge in [0.05, 0.1) is 7.11 Å². The van der Waals surface area contributed by atoms with E-state index in [-0.39, 0.29) is 0 Å². The zero-order valence-corrected chi connectivity index (χ0v) is 17.8. The normalized spacial score (nSPS) is 25.3. The van der Waals surface area contributed by atoms with E-state index in [2.05, 4.69) is 39.0 Å². The average Bonchev–Trinajstić information content (AvgIpc) is 3.28. The van der Waals surface area contributed by atoms with Gasteiger partial charge in [-0.25, -0.2) is 0 Å². The van der Waals surface area contributed by atoms with Crippen molar-refractivity contribution < 1.29 is 4.74 Å². The minimum absolute atomic E-state index is 0.776. The van der Waals surface area contributed by atoms with Crippen LogP contribution in [0.3, 0.4) is 0 Å². The Hall–Kier alpha value is -1.26. The first kappa shape index (κ1) is 20.0. The highest BCUT2D eigenvalue weighted by Gasteiger charge is 2.28. The fraction of sp³-hybridized carbons (Fsp3) is 0.750. The van der Waals surface area contributed by atoms with E-state index in [4.69, 9.17) is 4.74 Å². The molecule has 0 spiro atoms. The number of ether oxygens (including phenoxy) is 1. The lowest BCUT2D eigenvalue weighted by atomic mass is 10.00. The zero-order valence-electron chi connectivity index (χ0n) is 17.8. The molecule has 0 amide bonds. The number of likely N-dealkylation sites (tertiary alicyclic amines) is 1. The van der Waals surface area contributed by atoms with Crippen molar-refractivity contribution in [1.82, 2.24) is 9.80 Å². The number of hydrogen-bond donors (Lipinski definition) is 0. The van der Waals surface area contributed by atoms with Gasteiger partial charge in [0.15, 0.2) is 0 Å². The number of hydrogen-bond acceptors (Lipinski definition) is 4. The molecule has 3 aliphatic rings. The number of benzene rings is 1. The van der Waals surface area contributed by atoms with E-state index in [0.717, 1.165) is 30.8 Å². The van der Waals surface area contributed by atoms with Crippen LogP contribution in [0, 0.1) is 5.92 Å². The van der Waals surface area contributed by atoms with Crippen molar-refractivity contribution in [2.24, 2.45) is 5.92 Å². The molecule has 0 aromatic heterocycles. The van der Waals surface area contributed by atoms with Gasteiger partial charge in [0.25, 0.3) is 0 Å². The summed E-state index contributed by atoms with van der Waals surface area (Å²) in [6.45, 7) is 8.65. The van der Waals surface area contributed by atoms with E-state index in [1.807, 2.05) is 0 Å². The molecule has 2 saturated heterocycles. The van der Waals surface area contributed by atoms with Crippen molar-refractivity contribution in [1.29, 1.82) is 0 Å². The zero-order chi connectivity index (χ0) is 19.2. The Morgan fingerprint density at radius 2 is 1.64 bits per heavy atom. The Morgan fingerprint density at radius 3 is 2.36 bits per heavy atom. The molecule has 1 atom stereocenters. The number of rotatable bonds is 7. The molecular formula is C24H39N3O. The lowest BCUT2D eigenvalue weighted by molar-refractivity contribution is 0.0909. The van der Waals surface area contributed by atoms with Gasteiger partial charge in [0.2, 0.25) is 0 Å². The van der Waals surface area contributed by atoms with Gasteiger partial charge in [-0.15, -0.1) is 0 Å². The molecule has 0 N–H and O–H groups in total. The molecule has 156 valence electrons. The highest BCUT2D eigenvalue weighted by atomic mass is 16.5. The lowest BCUT2D eigenvalue weighted by Gasteiger charge is -2.44. The molecular weight excluding hydrogens is 346 g/mol. The third kappa shape index (κ3) is 5.21. The Kier molecular flexibility index (Phi) is 7.14. The van der Waals surface area contributed by atoms with Crippen LogP contribution < -0.4 is 9.64 Å². The van der Waals surface area contributed by atoms with Gasteiger partial charge in [0.1, 0.15) is 5.75 Å². The predicted molar refractivity (Wildman–Crippen MR) is 117 cm³/mol. The molecule has 1 aromatic carbocycles. The van der Waals surface area contributed by atoms with Crippen LogP contribution in [0.15, 0.2) is 24.3 Å². The minimum Gasteiger partial charge on any atom is -0.497 e. The second kappa shape index (κ2) is 9.98. The smallest absolute Gasteiger partial charge is 0.119 e. The first-order chi connectivity index (χ1) is 13.8. The van der Waals surface area contributed by atoms with E-state index < -0.39 is 0 Å². The van der Waals surface area contributed by atoms with Gasteiger partial charge in [0, 0.05) is 44.5 Å². The molecule has 1 aliphatic carbocycles. The second-order valence-electron chi connectivity index (χ2n) is 9.11. The topological polar surface area (TPSA) is 19.0 Å². The van der Waals surface area contributed by atoms with Crippen LogP contribution in [0.1, 0.15) is 51.4 Å². The quantitative estimate of drug-likeness (QED) is 0.698. The van der Waals surface area contributed by atoms with Gasteiger partial charge >= 0.3 is 0 Å². The maximum absolute atomic E-state index is 5.29. The first-order valence-corrected chi connectivity index (χ1v) is 11.7. The fourth-order valence-electron chi connectivity index (χ4n) is 5.57. The summed E-state index contributed by atoms with van der Waals surface area (Å²) in [5, 5.41) is 0. The number of methoxy groups -OCH3 is 1. The van der Waals surface area contributed by atoms with Crippen molar-refractivity contribution >= 4 is 5.69 Å². The molecule has 4 nitrogen and oxygen atoms in total. The van der Waals surface area contributed by atoms with Crippen molar-refractivity contribution in [3.63, 3.8) is 0 Å². The van der Waals surface area contributed by atoms with Gasteiger partial charge in [-0.05, 0) is 69.0 Å². The summed E-state index contributed by atoms with van der Waals surface area (Å²) in [5.41, 5.74) is 1.33. The molecule has 2 heterocycles. The fourth-order valence-corrected chi connectivity index (χ4v) is 5.57. The van der Waals surface area contributed by atoms with E-state index in [1.54, 1.807) is 7.11 Å². The van der Waals surface area contributed by atoms with Crippen molar-refractivity contribution in [2.75, 3.05) is 57.8 Å². The molecule has 1 saturated carbocycles. The maximum atomic E-state index is 5.29. The van der Waals surface area contributed by atoms with Gasteiger partial charge in [-0.1, -0.05) is 25.7 Å². The van der Waals surface area contributed by atoms with E-state index in [1.165, 1.54) is 89.8 Å². The summed E-state index contributed by atoms with van der Waals surface area (Å²) >= 11 is 0. The Bertz CT molecular complexity index is 576. The Morgan fingerprint density at radius 1 is 0.893 bits per heavy atom. The number of anilines is 1. The molecule has 4 heteroatoms. The molecule has 0 radical (unpaired) electrons. The molecule has 3 fully saturated rings. The summed E-state index contributed by atoms with van der Waals surface area (Å²) in [5.74, 6) is 1.99. The van der Waals surface area contributed by atoms with E-state index in [9.17, 15) is 0 Å². The van der Waals surface area contributed by atoms with Crippen LogP contribution in [0.4, 0.5) is 5.69 Å². The highest BCUT2D eigenvalue weighted by molar-refractivity contribution is 5.49. The molecule has 4 rings (SSSR count). The third-order valence-electron chi connectivity index (χ3n) is 7.31. The third-order valence-corrected chi connectivity index (χ3v) is 7.31. The van der Waals surface area contributed by atoms with Crippen molar-refractivity contribution in [3.05, 3.63) is 24.3 Å². The monoisotopic (exact) mass is 385 g/mol. The largest absolute Gasteiger partial charge is 0.497 e. The first-order valence-electron chi connectivity index (χ1n) is 11.7. The van der Waals surface area contributed by atoms with Crippen molar-refractivity contribution in [3.8, 4) is 5.75 Å². The van der Waals surface area contributed by atoms with Crippen molar-refractivity contribution in [2.45, 2.75) is 57.4 Å². The standard InChI is InChI=1S/C24H39N3O/c1-28-24-12-10-22(11-13-24)26-16-18-27(19-17-26)23-9-5-15-25(20-23)14-4-8-21-6-2-3-7-21/h10-13,21,23H,2-9,14-20H2,1H3/t23-/m0/s1. The number of piperazine rings is 1. The van der Waals surface area contributed by atoms with Crippen LogP contribution >= 0.6 is 0 Å². The van der Waals surface area contributed by atoms with Gasteiger partial charge in [-0.3, -0.25) is 4.90 Å². The van der Waals surface area contributed by atoms with Gasteiger partial charge in [-0.2, -0.15) is 0 Å². The second-order valence-corrected chi connectivity index (χ2v) is 9.11.